The van der Waals surface area contributed by atoms with Gasteiger partial charge in [-0.25, -0.2) is 0 Å². The van der Waals surface area contributed by atoms with Crippen molar-refractivity contribution in [2.24, 2.45) is 7.05 Å². The predicted octanol–water partition coefficient (Wildman–Crippen LogP) is 2.20. The molecule has 26 heavy (non-hydrogen) atoms. The van der Waals surface area contributed by atoms with E-state index in [1.807, 2.05) is 4.90 Å². The van der Waals surface area contributed by atoms with Crippen LogP contribution in [0.15, 0.2) is 30.5 Å². The molecule has 0 radical (unpaired) electrons. The van der Waals surface area contributed by atoms with E-state index in [-0.39, 0.29) is 18.6 Å². The molecule has 2 heterocycles. The van der Waals surface area contributed by atoms with Crippen molar-refractivity contribution in [3.63, 3.8) is 0 Å². The van der Waals surface area contributed by atoms with Crippen molar-refractivity contribution in [3.05, 3.63) is 47.3 Å². The molecular formula is C17H19F3N4O2. The summed E-state index contributed by atoms with van der Waals surface area (Å²) in [5.41, 5.74) is 1.05. The number of methoxy groups -OCH3 is 1. The maximum Gasteiger partial charge on any atom is 0.416 e. The Hall–Kier alpha value is -2.55. The molecular weight excluding hydrogens is 349 g/mol. The molecule has 1 saturated heterocycles. The molecule has 1 aromatic heterocycles. The monoisotopic (exact) mass is 368 g/mol. The second-order valence-corrected chi connectivity index (χ2v) is 6.22. The van der Waals surface area contributed by atoms with Gasteiger partial charge in [0.05, 0.1) is 23.8 Å². The Bertz CT molecular complexity index is 780. The molecule has 0 atom stereocenters. The van der Waals surface area contributed by atoms with Crippen molar-refractivity contribution in [3.8, 4) is 0 Å². The zero-order valence-electron chi connectivity index (χ0n) is 14.4. The summed E-state index contributed by atoms with van der Waals surface area (Å²) < 4.78 is 44.4. The summed E-state index contributed by atoms with van der Waals surface area (Å²) in [5, 5.41) is 7.10. The Morgan fingerprint density at radius 3 is 2.54 bits per heavy atom. The van der Waals surface area contributed by atoms with Crippen LogP contribution in [0.1, 0.15) is 21.6 Å². The highest BCUT2D eigenvalue weighted by atomic mass is 19.4. The highest BCUT2D eigenvalue weighted by Gasteiger charge is 2.32. The summed E-state index contributed by atoms with van der Waals surface area (Å²) in [4.78, 5) is 14.3. The van der Waals surface area contributed by atoms with Gasteiger partial charge in [0.15, 0.2) is 0 Å². The highest BCUT2D eigenvalue weighted by Crippen LogP contribution is 2.31. The summed E-state index contributed by atoms with van der Waals surface area (Å²) in [7, 11) is 3.26. The van der Waals surface area contributed by atoms with Gasteiger partial charge in [-0.2, -0.15) is 18.3 Å². The first-order chi connectivity index (χ1) is 12.3. The molecule has 1 fully saturated rings. The normalized spacial score (nSPS) is 15.0. The van der Waals surface area contributed by atoms with E-state index >= 15 is 0 Å². The lowest BCUT2D eigenvalue weighted by Gasteiger charge is -2.41. The number of benzene rings is 1. The van der Waals surface area contributed by atoms with Crippen LogP contribution in [0.2, 0.25) is 0 Å². The lowest BCUT2D eigenvalue weighted by atomic mass is 10.1. The molecule has 0 spiro atoms. The molecule has 1 aliphatic heterocycles. The number of nitrogens with one attached hydrogen (secondary N) is 1. The SMILES string of the molecule is COCc1nn(C)cc1C(=O)NC1CN(c2ccc(C(F)(F)F)cc2)C1. The van der Waals surface area contributed by atoms with Gasteiger partial charge in [-0.1, -0.05) is 0 Å². The van der Waals surface area contributed by atoms with Gasteiger partial charge in [0.2, 0.25) is 0 Å². The van der Waals surface area contributed by atoms with Gasteiger partial charge in [0, 0.05) is 39.1 Å². The van der Waals surface area contributed by atoms with Crippen LogP contribution in [-0.4, -0.2) is 41.9 Å². The fourth-order valence-electron chi connectivity index (χ4n) is 2.87. The van der Waals surface area contributed by atoms with E-state index in [2.05, 4.69) is 10.4 Å². The number of rotatable bonds is 5. The van der Waals surface area contributed by atoms with Crippen LogP contribution >= 0.6 is 0 Å². The molecule has 1 aliphatic rings. The standard InChI is InChI=1S/C17H19F3N4O2/c1-23-9-14(15(22-23)10-26-2)16(25)21-12-7-24(8-12)13-5-3-11(4-6-13)17(18,19)20/h3-6,9,12H,7-8,10H2,1-2H3,(H,21,25). The molecule has 0 saturated carbocycles. The number of alkyl halides is 3. The third kappa shape index (κ3) is 3.82. The van der Waals surface area contributed by atoms with Gasteiger partial charge in [-0.3, -0.25) is 9.48 Å². The zero-order chi connectivity index (χ0) is 18.9. The summed E-state index contributed by atoms with van der Waals surface area (Å²) >= 11 is 0. The second kappa shape index (κ2) is 6.99. The van der Waals surface area contributed by atoms with Gasteiger partial charge in [-0.15, -0.1) is 0 Å². The number of hydrogen-bond donors (Lipinski definition) is 1. The second-order valence-electron chi connectivity index (χ2n) is 6.22. The third-order valence-electron chi connectivity index (χ3n) is 4.21. The Labute approximate surface area is 148 Å². The minimum absolute atomic E-state index is 0.0691. The zero-order valence-corrected chi connectivity index (χ0v) is 14.4. The maximum absolute atomic E-state index is 12.6. The van der Waals surface area contributed by atoms with Crippen molar-refractivity contribution >= 4 is 11.6 Å². The number of nitrogens with zero attached hydrogens (tertiary/aromatic N) is 3. The minimum atomic E-state index is -4.34. The largest absolute Gasteiger partial charge is 0.416 e. The number of carbonyl (C=O) groups excluding carboxylic acids is 1. The van der Waals surface area contributed by atoms with E-state index < -0.39 is 11.7 Å². The van der Waals surface area contributed by atoms with Crippen molar-refractivity contribution in [2.45, 2.75) is 18.8 Å². The van der Waals surface area contributed by atoms with Crippen molar-refractivity contribution in [1.82, 2.24) is 15.1 Å². The lowest BCUT2D eigenvalue weighted by molar-refractivity contribution is -0.137. The number of ether oxygens (including phenoxy) is 1. The Balaban J connectivity index is 1.56. The fourth-order valence-corrected chi connectivity index (χ4v) is 2.87. The summed E-state index contributed by atoms with van der Waals surface area (Å²) in [6, 6.07) is 4.94. The first-order valence-electron chi connectivity index (χ1n) is 8.02. The fraction of sp³-hybridized carbons (Fsp3) is 0.412. The van der Waals surface area contributed by atoms with Gasteiger partial charge >= 0.3 is 6.18 Å². The molecule has 3 rings (SSSR count). The number of carbonyl (C=O) groups is 1. The van der Waals surface area contributed by atoms with Gasteiger partial charge in [-0.05, 0) is 24.3 Å². The van der Waals surface area contributed by atoms with Crippen molar-refractivity contribution in [2.75, 3.05) is 25.1 Å². The van der Waals surface area contributed by atoms with E-state index in [4.69, 9.17) is 4.74 Å². The van der Waals surface area contributed by atoms with Crippen LogP contribution in [0.5, 0.6) is 0 Å². The maximum atomic E-state index is 12.6. The highest BCUT2D eigenvalue weighted by molar-refractivity contribution is 5.95. The van der Waals surface area contributed by atoms with E-state index in [0.29, 0.717) is 30.0 Å². The van der Waals surface area contributed by atoms with E-state index in [1.165, 1.54) is 19.2 Å². The van der Waals surface area contributed by atoms with Crippen LogP contribution in [0.25, 0.3) is 0 Å². The number of aryl methyl sites for hydroxylation is 1. The van der Waals surface area contributed by atoms with Gasteiger partial charge < -0.3 is 15.0 Å². The lowest BCUT2D eigenvalue weighted by Crippen LogP contribution is -2.59. The number of hydrogen-bond acceptors (Lipinski definition) is 4. The molecule has 140 valence electrons. The Kier molecular flexibility index (Phi) is 4.90. The molecule has 6 nitrogen and oxygen atoms in total. The number of amides is 1. The van der Waals surface area contributed by atoms with Gasteiger partial charge in [0.25, 0.3) is 5.91 Å². The molecule has 2 aromatic rings. The van der Waals surface area contributed by atoms with Crippen LogP contribution in [0.4, 0.5) is 18.9 Å². The molecule has 0 unspecified atom stereocenters. The summed E-state index contributed by atoms with van der Waals surface area (Å²) in [6.07, 6.45) is -2.70. The predicted molar refractivity (Wildman–Crippen MR) is 88.8 cm³/mol. The van der Waals surface area contributed by atoms with E-state index in [0.717, 1.165) is 12.1 Å². The molecule has 0 bridgehead atoms. The molecule has 1 amide bonds. The molecule has 1 N–H and O–H groups in total. The van der Waals surface area contributed by atoms with Crippen LogP contribution in [-0.2, 0) is 24.6 Å². The number of halogens is 3. The Morgan fingerprint density at radius 1 is 1.31 bits per heavy atom. The van der Waals surface area contributed by atoms with Crippen LogP contribution in [0, 0.1) is 0 Å². The minimum Gasteiger partial charge on any atom is -0.378 e. The quantitative estimate of drug-likeness (QED) is 0.879. The van der Waals surface area contributed by atoms with Gasteiger partial charge in [0.1, 0.15) is 5.69 Å². The summed E-state index contributed by atoms with van der Waals surface area (Å²) in [6.45, 7) is 1.32. The van der Waals surface area contributed by atoms with Crippen LogP contribution < -0.4 is 10.2 Å². The van der Waals surface area contributed by atoms with Crippen LogP contribution in [0.3, 0.4) is 0 Å². The first kappa shape index (κ1) is 18.2. The average molecular weight is 368 g/mol. The van der Waals surface area contributed by atoms with E-state index in [9.17, 15) is 18.0 Å². The van der Waals surface area contributed by atoms with Crippen molar-refractivity contribution in [1.29, 1.82) is 0 Å². The third-order valence-corrected chi connectivity index (χ3v) is 4.21. The summed E-state index contributed by atoms with van der Waals surface area (Å²) in [5.74, 6) is -0.234. The number of aromatic nitrogens is 2. The van der Waals surface area contributed by atoms with E-state index in [1.54, 1.807) is 17.9 Å². The molecule has 9 heteroatoms. The smallest absolute Gasteiger partial charge is 0.378 e. The molecule has 1 aromatic carbocycles. The average Bonchev–Trinajstić information content (AvgIpc) is 2.91. The van der Waals surface area contributed by atoms with Crippen molar-refractivity contribution < 1.29 is 22.7 Å². The topological polar surface area (TPSA) is 59.4 Å². The first-order valence-corrected chi connectivity index (χ1v) is 8.02. The number of anilines is 1. The Morgan fingerprint density at radius 2 is 1.96 bits per heavy atom. The molecule has 0 aliphatic carbocycles.